The Morgan fingerprint density at radius 1 is 1.26 bits per heavy atom. The highest BCUT2D eigenvalue weighted by molar-refractivity contribution is 5.90. The highest BCUT2D eigenvalue weighted by Gasteiger charge is 2.23. The van der Waals surface area contributed by atoms with Crippen LogP contribution in [0.1, 0.15) is 49.2 Å². The van der Waals surface area contributed by atoms with Gasteiger partial charge >= 0.3 is 5.97 Å². The summed E-state index contributed by atoms with van der Waals surface area (Å²) >= 11 is 0. The molecule has 0 radical (unpaired) electrons. The van der Waals surface area contributed by atoms with Crippen LogP contribution in [-0.4, -0.2) is 40.2 Å². The van der Waals surface area contributed by atoms with E-state index in [1.165, 1.54) is 13.2 Å². The Kier molecular flexibility index (Phi) is 6.54. The molecule has 2 aromatic rings. The molecule has 0 aliphatic rings. The van der Waals surface area contributed by atoms with Gasteiger partial charge in [-0.3, -0.25) is 4.90 Å². The summed E-state index contributed by atoms with van der Waals surface area (Å²) in [6, 6.07) is 5.47. The topological polar surface area (TPSA) is 62.7 Å². The van der Waals surface area contributed by atoms with E-state index >= 15 is 0 Å². The second kappa shape index (κ2) is 8.48. The predicted octanol–water partition coefficient (Wildman–Crippen LogP) is 4.52. The van der Waals surface area contributed by atoms with Gasteiger partial charge in [0.15, 0.2) is 0 Å². The van der Waals surface area contributed by atoms with Crippen molar-refractivity contribution in [2.75, 3.05) is 7.11 Å². The summed E-state index contributed by atoms with van der Waals surface area (Å²) in [4.78, 5) is 17.9. The van der Waals surface area contributed by atoms with Crippen LogP contribution in [0.5, 0.6) is 5.88 Å². The first-order valence-electron chi connectivity index (χ1n) is 8.98. The first-order valence-corrected chi connectivity index (χ1v) is 8.98. The summed E-state index contributed by atoms with van der Waals surface area (Å²) < 4.78 is 20.0. The molecule has 0 amide bonds. The fraction of sp³-hybridized carbons (Fsp3) is 0.429. The van der Waals surface area contributed by atoms with Gasteiger partial charge in [-0.15, -0.1) is 0 Å². The standard InChI is InChI=1S/C21H27FN2O3/c1-12(2)24(13(3)4)11-16-9-17(21(25)26)20(22)14(5)19(16)15-7-8-23-18(10-15)27-6/h7-10,12-13H,11H2,1-6H3,(H,25,26). The lowest BCUT2D eigenvalue weighted by atomic mass is 9.91. The van der Waals surface area contributed by atoms with Crippen molar-refractivity contribution in [2.24, 2.45) is 0 Å². The average molecular weight is 374 g/mol. The maximum absolute atomic E-state index is 14.8. The molecule has 27 heavy (non-hydrogen) atoms. The fourth-order valence-electron chi connectivity index (χ4n) is 3.38. The molecule has 6 heteroatoms. The zero-order chi connectivity index (χ0) is 20.3. The quantitative estimate of drug-likeness (QED) is 0.772. The van der Waals surface area contributed by atoms with Crippen LogP contribution in [0.2, 0.25) is 0 Å². The molecule has 0 atom stereocenters. The smallest absolute Gasteiger partial charge is 0.338 e. The Morgan fingerprint density at radius 3 is 2.41 bits per heavy atom. The first kappa shape index (κ1) is 20.8. The number of carbonyl (C=O) groups is 1. The largest absolute Gasteiger partial charge is 0.481 e. The highest BCUT2D eigenvalue weighted by atomic mass is 19.1. The van der Waals surface area contributed by atoms with Gasteiger partial charge in [0.1, 0.15) is 5.82 Å². The minimum absolute atomic E-state index is 0.253. The lowest BCUT2D eigenvalue weighted by Gasteiger charge is -2.32. The van der Waals surface area contributed by atoms with E-state index in [9.17, 15) is 14.3 Å². The van der Waals surface area contributed by atoms with E-state index in [1.807, 2.05) is 0 Å². The summed E-state index contributed by atoms with van der Waals surface area (Å²) in [5.74, 6) is -1.56. The van der Waals surface area contributed by atoms with Crippen molar-refractivity contribution in [3.8, 4) is 17.0 Å². The summed E-state index contributed by atoms with van der Waals surface area (Å²) in [6.45, 7) is 10.5. The minimum atomic E-state index is -1.27. The number of ether oxygens (including phenoxy) is 1. The van der Waals surface area contributed by atoms with Crippen LogP contribution in [0.4, 0.5) is 4.39 Å². The number of rotatable bonds is 7. The number of halogens is 1. The van der Waals surface area contributed by atoms with Crippen LogP contribution in [0.25, 0.3) is 11.1 Å². The minimum Gasteiger partial charge on any atom is -0.481 e. The molecule has 146 valence electrons. The molecule has 1 aromatic carbocycles. The molecule has 0 aliphatic heterocycles. The van der Waals surface area contributed by atoms with Gasteiger partial charge in [-0.05, 0) is 69.0 Å². The Hall–Kier alpha value is -2.47. The van der Waals surface area contributed by atoms with Crippen LogP contribution in [-0.2, 0) is 6.54 Å². The zero-order valence-corrected chi connectivity index (χ0v) is 16.7. The average Bonchev–Trinajstić information content (AvgIpc) is 2.61. The molecular formula is C21H27FN2O3. The zero-order valence-electron chi connectivity index (χ0n) is 16.7. The normalized spacial score (nSPS) is 11.5. The van der Waals surface area contributed by atoms with Crippen LogP contribution in [0.15, 0.2) is 24.4 Å². The molecular weight excluding hydrogens is 347 g/mol. The van der Waals surface area contributed by atoms with Gasteiger partial charge < -0.3 is 9.84 Å². The fourth-order valence-corrected chi connectivity index (χ4v) is 3.38. The number of hydrogen-bond donors (Lipinski definition) is 1. The Labute approximate surface area is 159 Å². The Balaban J connectivity index is 2.72. The Bertz CT molecular complexity index is 826. The molecule has 1 heterocycles. The van der Waals surface area contributed by atoms with E-state index in [-0.39, 0.29) is 17.6 Å². The SMILES string of the molecule is COc1cc(-c2c(CN(C(C)C)C(C)C)cc(C(=O)O)c(F)c2C)ccn1. The van der Waals surface area contributed by atoms with Gasteiger partial charge in [0.25, 0.3) is 0 Å². The van der Waals surface area contributed by atoms with Gasteiger partial charge in [0.2, 0.25) is 5.88 Å². The maximum Gasteiger partial charge on any atom is 0.338 e. The molecule has 1 aromatic heterocycles. The van der Waals surface area contributed by atoms with Crippen LogP contribution in [0, 0.1) is 12.7 Å². The van der Waals surface area contributed by atoms with Crippen molar-refractivity contribution < 1.29 is 19.0 Å². The van der Waals surface area contributed by atoms with E-state index in [0.717, 1.165) is 11.1 Å². The van der Waals surface area contributed by atoms with Crippen molar-refractivity contribution >= 4 is 5.97 Å². The van der Waals surface area contributed by atoms with Gasteiger partial charge in [-0.2, -0.15) is 0 Å². The van der Waals surface area contributed by atoms with Crippen molar-refractivity contribution in [2.45, 2.75) is 53.2 Å². The second-order valence-corrected chi connectivity index (χ2v) is 7.15. The second-order valence-electron chi connectivity index (χ2n) is 7.15. The molecule has 0 saturated heterocycles. The number of nitrogens with zero attached hydrogens (tertiary/aromatic N) is 2. The van der Waals surface area contributed by atoms with Crippen molar-refractivity contribution in [1.82, 2.24) is 9.88 Å². The van der Waals surface area contributed by atoms with Crippen LogP contribution < -0.4 is 4.74 Å². The van der Waals surface area contributed by atoms with Crippen LogP contribution >= 0.6 is 0 Å². The number of carboxylic acids is 1. The number of methoxy groups -OCH3 is 1. The van der Waals surface area contributed by atoms with E-state index in [4.69, 9.17) is 4.74 Å². The highest BCUT2D eigenvalue weighted by Crippen LogP contribution is 2.34. The van der Waals surface area contributed by atoms with Gasteiger partial charge in [0.05, 0.1) is 12.7 Å². The molecule has 0 aliphatic carbocycles. The third kappa shape index (κ3) is 4.45. The Morgan fingerprint density at radius 2 is 1.89 bits per heavy atom. The molecule has 0 fully saturated rings. The van der Waals surface area contributed by atoms with Gasteiger partial charge in [-0.25, -0.2) is 14.2 Å². The number of carboxylic acid groups (broad SMARTS) is 1. The van der Waals surface area contributed by atoms with E-state index < -0.39 is 11.8 Å². The summed E-state index contributed by atoms with van der Waals surface area (Å²) in [6.07, 6.45) is 1.60. The molecule has 0 bridgehead atoms. The molecule has 0 saturated carbocycles. The first-order chi connectivity index (χ1) is 12.7. The molecule has 5 nitrogen and oxygen atoms in total. The lowest BCUT2D eigenvalue weighted by Crippen LogP contribution is -2.36. The van der Waals surface area contributed by atoms with Crippen molar-refractivity contribution in [3.63, 3.8) is 0 Å². The number of aromatic nitrogens is 1. The van der Waals surface area contributed by atoms with E-state index in [0.29, 0.717) is 23.6 Å². The van der Waals surface area contributed by atoms with Crippen LogP contribution in [0.3, 0.4) is 0 Å². The molecule has 0 spiro atoms. The summed E-state index contributed by atoms with van der Waals surface area (Å²) in [5.41, 5.74) is 2.20. The number of benzene rings is 1. The van der Waals surface area contributed by atoms with E-state index in [2.05, 4.69) is 37.6 Å². The molecule has 2 rings (SSSR count). The number of pyridine rings is 1. The van der Waals surface area contributed by atoms with Crippen molar-refractivity contribution in [1.29, 1.82) is 0 Å². The monoisotopic (exact) mass is 374 g/mol. The lowest BCUT2D eigenvalue weighted by molar-refractivity contribution is 0.0691. The third-order valence-corrected chi connectivity index (χ3v) is 4.72. The number of aromatic carboxylic acids is 1. The predicted molar refractivity (Wildman–Crippen MR) is 104 cm³/mol. The molecule has 0 unspecified atom stereocenters. The van der Waals surface area contributed by atoms with Gasteiger partial charge in [0, 0.05) is 30.9 Å². The maximum atomic E-state index is 14.8. The van der Waals surface area contributed by atoms with E-state index in [1.54, 1.807) is 25.3 Å². The van der Waals surface area contributed by atoms with Crippen molar-refractivity contribution in [3.05, 3.63) is 46.9 Å². The molecule has 1 N–H and O–H groups in total. The third-order valence-electron chi connectivity index (χ3n) is 4.72. The number of hydrogen-bond acceptors (Lipinski definition) is 4. The summed E-state index contributed by atoms with van der Waals surface area (Å²) in [7, 11) is 1.52. The summed E-state index contributed by atoms with van der Waals surface area (Å²) in [5, 5.41) is 9.43. The van der Waals surface area contributed by atoms with Gasteiger partial charge in [-0.1, -0.05) is 0 Å².